The molecule has 1 aromatic rings. The molecule has 0 bridgehead atoms. The lowest BCUT2D eigenvalue weighted by molar-refractivity contribution is -0.0980. The van der Waals surface area contributed by atoms with Gasteiger partial charge >= 0.3 is 0 Å². The summed E-state index contributed by atoms with van der Waals surface area (Å²) < 4.78 is 26.2. The van der Waals surface area contributed by atoms with E-state index in [1.54, 1.807) is 13.1 Å². The van der Waals surface area contributed by atoms with Crippen molar-refractivity contribution in [1.82, 2.24) is 21.3 Å². The molecule has 2 aliphatic heterocycles. The highest BCUT2D eigenvalue weighted by Gasteiger charge is 2.19. The molecule has 3 rings (SSSR count). The number of alkyl halides is 2. The predicted octanol–water partition coefficient (Wildman–Crippen LogP) is 3.65. The van der Waals surface area contributed by atoms with Crippen LogP contribution in [0, 0.1) is 0 Å². The summed E-state index contributed by atoms with van der Waals surface area (Å²) in [7, 11) is 5.32. The van der Waals surface area contributed by atoms with Gasteiger partial charge in [0.05, 0.1) is 6.04 Å². The first-order valence-electron chi connectivity index (χ1n) is 13.1. The molecule has 0 amide bonds. The molecule has 0 aliphatic carbocycles. The summed E-state index contributed by atoms with van der Waals surface area (Å²) in [5.41, 5.74) is 16.2. The van der Waals surface area contributed by atoms with Crippen molar-refractivity contribution in [3.63, 3.8) is 0 Å². The number of nitrogens with zero attached hydrogens (tertiary/aromatic N) is 1. The van der Waals surface area contributed by atoms with Gasteiger partial charge in [-0.05, 0) is 62.7 Å². The molecule has 1 saturated heterocycles. The summed E-state index contributed by atoms with van der Waals surface area (Å²) in [6.07, 6.45) is 2.94. The summed E-state index contributed by atoms with van der Waals surface area (Å²) in [6, 6.07) is 3.70. The molecule has 2 heterocycles. The van der Waals surface area contributed by atoms with Crippen LogP contribution in [0.15, 0.2) is 34.6 Å². The molecule has 1 fully saturated rings. The number of carbonyl (C=O) groups is 1. The summed E-state index contributed by atoms with van der Waals surface area (Å²) in [5, 5.41) is 13.0. The molecule has 0 unspecified atom stereocenters. The molecule has 38 heavy (non-hydrogen) atoms. The Morgan fingerprint density at radius 2 is 1.84 bits per heavy atom. The van der Waals surface area contributed by atoms with Gasteiger partial charge in [-0.25, -0.2) is 8.78 Å². The fraction of sp³-hybridized carbons (Fsp3) is 0.571. The monoisotopic (exact) mass is 539 g/mol. The molecule has 8 N–H and O–H groups in total. The number of allylic oxidation sites excluding steroid dienone is 1. The first kappa shape index (κ1) is 37.3. The van der Waals surface area contributed by atoms with Gasteiger partial charge in [0.25, 0.3) is 6.43 Å². The molecule has 0 saturated carbocycles. The lowest BCUT2D eigenvalue weighted by Gasteiger charge is -2.32. The minimum atomic E-state index is -2.60. The Balaban J connectivity index is 0. The van der Waals surface area contributed by atoms with E-state index in [4.69, 9.17) is 16.3 Å². The Morgan fingerprint density at radius 3 is 2.26 bits per heavy atom. The number of halogens is 2. The molecule has 0 aromatic heterocycles. The summed E-state index contributed by atoms with van der Waals surface area (Å²) in [5.74, 6) is 0. The number of aliphatic imine (C=N–C) groups is 1. The maximum Gasteiger partial charge on any atom is 0.264 e. The first-order valence-corrected chi connectivity index (χ1v) is 13.1. The van der Waals surface area contributed by atoms with Crippen LogP contribution in [0.25, 0.3) is 5.57 Å². The van der Waals surface area contributed by atoms with Crippen LogP contribution in [0.1, 0.15) is 63.7 Å². The minimum absolute atomic E-state index is 0.117. The highest BCUT2D eigenvalue weighted by atomic mass is 19.3. The SMILES string of the molecule is C=O.CC.CC1=C(NC2CNC2)CCNC1.CCCc1cc(/C(C=NC)=C/N)c(C(F)F)cc1N.CNC. The zero-order chi connectivity index (χ0) is 29.5. The second-order valence-electron chi connectivity index (χ2n) is 8.38. The third-order valence-corrected chi connectivity index (χ3v) is 5.44. The minimum Gasteiger partial charge on any atom is -0.404 e. The lowest BCUT2D eigenvalue weighted by Crippen LogP contribution is -2.55. The molecular formula is C28H51F2N7O. The van der Waals surface area contributed by atoms with Crippen LogP contribution in [0.3, 0.4) is 0 Å². The van der Waals surface area contributed by atoms with Crippen LogP contribution in [0.4, 0.5) is 14.5 Å². The number of nitrogens with two attached hydrogens (primary N) is 2. The zero-order valence-corrected chi connectivity index (χ0v) is 24.4. The van der Waals surface area contributed by atoms with Crippen molar-refractivity contribution in [2.45, 2.75) is 59.4 Å². The van der Waals surface area contributed by atoms with Crippen molar-refractivity contribution < 1.29 is 13.6 Å². The molecule has 0 atom stereocenters. The second kappa shape index (κ2) is 23.3. The van der Waals surface area contributed by atoms with Gasteiger partial charge in [0.1, 0.15) is 6.79 Å². The molecule has 0 spiro atoms. The number of nitrogens with one attached hydrogen (secondary N) is 4. The molecule has 8 nitrogen and oxygen atoms in total. The zero-order valence-electron chi connectivity index (χ0n) is 24.4. The number of carbonyl (C=O) groups excluding carboxylic acids is 1. The standard InChI is InChI=1S/C14H19F2N3.C9H17N3.C2H7N.C2H6.CH2O/c1-3-4-9-5-11(10(7-17)8-19-2)12(14(15)16)6-13(9)18;1-7-4-10-3-2-9(7)12-8-5-11-6-8;1-3-2;2*1-2/h5-8,14H,3-4,17-18H2,1-2H3;8,10-12H,2-6H2,1H3;3H,1-2H3;1-2H3;1H2/b10-7+,19-8?;;;;. The van der Waals surface area contributed by atoms with Crippen LogP contribution < -0.4 is 32.7 Å². The number of hydrogen-bond donors (Lipinski definition) is 6. The number of rotatable bonds is 7. The van der Waals surface area contributed by atoms with E-state index in [0.717, 1.165) is 44.6 Å². The maximum atomic E-state index is 13.1. The van der Waals surface area contributed by atoms with Crippen molar-refractivity contribution in [1.29, 1.82) is 0 Å². The number of nitrogen functional groups attached to an aromatic ring is 1. The first-order chi connectivity index (χ1) is 18.3. The Kier molecular flexibility index (Phi) is 22.9. The Bertz CT molecular complexity index is 854. The Morgan fingerprint density at radius 1 is 1.24 bits per heavy atom. The van der Waals surface area contributed by atoms with Crippen molar-refractivity contribution in [2.24, 2.45) is 10.7 Å². The molecule has 218 valence electrons. The normalized spacial score (nSPS) is 15.1. The topological polar surface area (TPSA) is 130 Å². The van der Waals surface area contributed by atoms with E-state index in [9.17, 15) is 8.78 Å². The maximum absolute atomic E-state index is 13.1. The van der Waals surface area contributed by atoms with Gasteiger partial charge < -0.3 is 37.5 Å². The number of benzene rings is 1. The van der Waals surface area contributed by atoms with Gasteiger partial charge in [-0.15, -0.1) is 0 Å². The number of anilines is 1. The highest BCUT2D eigenvalue weighted by Crippen LogP contribution is 2.31. The summed E-state index contributed by atoms with van der Waals surface area (Å²) in [6.45, 7) is 14.7. The van der Waals surface area contributed by atoms with E-state index >= 15 is 0 Å². The van der Waals surface area contributed by atoms with Crippen LogP contribution in [-0.4, -0.2) is 66.4 Å². The molecule has 2 aliphatic rings. The van der Waals surface area contributed by atoms with Crippen molar-refractivity contribution in [2.75, 3.05) is 53.1 Å². The fourth-order valence-electron chi connectivity index (χ4n) is 3.58. The van der Waals surface area contributed by atoms with Crippen LogP contribution in [0.2, 0.25) is 0 Å². The van der Waals surface area contributed by atoms with E-state index in [1.807, 2.05) is 41.7 Å². The summed E-state index contributed by atoms with van der Waals surface area (Å²) >= 11 is 0. The molecule has 1 aromatic carbocycles. The van der Waals surface area contributed by atoms with Gasteiger partial charge in [0.15, 0.2) is 0 Å². The van der Waals surface area contributed by atoms with Gasteiger partial charge in [-0.3, -0.25) is 4.99 Å². The van der Waals surface area contributed by atoms with Gasteiger partial charge in [-0.2, -0.15) is 0 Å². The largest absolute Gasteiger partial charge is 0.404 e. The molecule has 10 heteroatoms. The quantitative estimate of drug-likeness (QED) is 0.230. The van der Waals surface area contributed by atoms with E-state index in [2.05, 4.69) is 33.2 Å². The summed E-state index contributed by atoms with van der Waals surface area (Å²) in [4.78, 5) is 11.8. The van der Waals surface area contributed by atoms with Gasteiger partial charge in [0.2, 0.25) is 0 Å². The smallest absolute Gasteiger partial charge is 0.264 e. The average Bonchev–Trinajstić information content (AvgIpc) is 2.90. The third kappa shape index (κ3) is 13.6. The predicted molar refractivity (Wildman–Crippen MR) is 160 cm³/mol. The van der Waals surface area contributed by atoms with Crippen LogP contribution in [-0.2, 0) is 11.2 Å². The lowest BCUT2D eigenvalue weighted by atomic mass is 9.95. The van der Waals surface area contributed by atoms with Crippen molar-refractivity contribution >= 4 is 24.3 Å². The fourth-order valence-corrected chi connectivity index (χ4v) is 3.58. The Hall–Kier alpha value is -2.82. The third-order valence-electron chi connectivity index (χ3n) is 5.44. The van der Waals surface area contributed by atoms with E-state index in [1.165, 1.54) is 36.2 Å². The molecular weight excluding hydrogens is 488 g/mol. The second-order valence-corrected chi connectivity index (χ2v) is 8.38. The van der Waals surface area contributed by atoms with Gasteiger partial charge in [-0.1, -0.05) is 27.2 Å². The van der Waals surface area contributed by atoms with Crippen molar-refractivity contribution in [3.8, 4) is 0 Å². The average molecular weight is 540 g/mol. The Labute approximate surface area is 228 Å². The highest BCUT2D eigenvalue weighted by molar-refractivity contribution is 6.10. The van der Waals surface area contributed by atoms with Gasteiger partial charge in [0, 0.05) is 68.2 Å². The number of aryl methyl sites for hydroxylation is 1. The van der Waals surface area contributed by atoms with Crippen molar-refractivity contribution in [3.05, 3.63) is 46.3 Å². The van der Waals surface area contributed by atoms with E-state index in [-0.39, 0.29) is 5.56 Å². The van der Waals surface area contributed by atoms with E-state index < -0.39 is 6.43 Å². The number of hydrogen-bond acceptors (Lipinski definition) is 8. The van der Waals surface area contributed by atoms with E-state index in [0.29, 0.717) is 22.9 Å². The van der Waals surface area contributed by atoms with Crippen LogP contribution in [0.5, 0.6) is 0 Å². The van der Waals surface area contributed by atoms with Crippen LogP contribution >= 0.6 is 0 Å². The molecule has 0 radical (unpaired) electrons.